The molecule has 0 spiro atoms. The number of benzene rings is 1. The molecule has 2 amide bonds. The molecule has 4 fully saturated rings. The lowest BCUT2D eigenvalue weighted by atomic mass is 9.47. The Morgan fingerprint density at radius 2 is 1.67 bits per heavy atom. The van der Waals surface area contributed by atoms with Gasteiger partial charge >= 0.3 is 0 Å². The maximum atomic E-state index is 14.1. The van der Waals surface area contributed by atoms with E-state index in [1.165, 1.54) is 51.4 Å². The van der Waals surface area contributed by atoms with E-state index in [1.54, 1.807) is 0 Å². The Balaban J connectivity index is 1.37. The van der Waals surface area contributed by atoms with E-state index in [-0.39, 0.29) is 16.7 Å². The number of hydrogen-bond acceptors (Lipinski definition) is 2. The number of nitrogens with zero attached hydrogens (tertiary/aromatic N) is 2. The van der Waals surface area contributed by atoms with Gasteiger partial charge < -0.3 is 9.80 Å². The molecule has 216 valence electrons. The molecule has 0 bridgehead atoms. The molecule has 1 saturated heterocycles. The van der Waals surface area contributed by atoms with Crippen molar-refractivity contribution in [3.05, 3.63) is 35.4 Å². The molecule has 1 aromatic rings. The largest absolute Gasteiger partial charge is 0.342 e. The molecule has 3 aliphatic carbocycles. The fourth-order valence-corrected chi connectivity index (χ4v) is 10.00. The smallest absolute Gasteiger partial charge is 0.254 e. The number of carbonyl (C=O) groups is 2. The van der Waals surface area contributed by atoms with Crippen LogP contribution in [0.5, 0.6) is 0 Å². The second-order valence-electron chi connectivity index (χ2n) is 13.9. The van der Waals surface area contributed by atoms with Crippen LogP contribution in [0.25, 0.3) is 0 Å². The first-order chi connectivity index (χ1) is 18.7. The van der Waals surface area contributed by atoms with E-state index < -0.39 is 0 Å². The van der Waals surface area contributed by atoms with Gasteiger partial charge in [-0.3, -0.25) is 9.59 Å². The van der Waals surface area contributed by atoms with Gasteiger partial charge in [0.25, 0.3) is 5.91 Å². The minimum Gasteiger partial charge on any atom is -0.342 e. The van der Waals surface area contributed by atoms with Crippen LogP contribution in [-0.2, 0) is 10.7 Å². The van der Waals surface area contributed by atoms with Crippen LogP contribution in [0.1, 0.15) is 120 Å². The summed E-state index contributed by atoms with van der Waals surface area (Å²) in [6.45, 7) is 8.16. The Morgan fingerprint density at radius 3 is 2.38 bits per heavy atom. The average molecular weight is 555 g/mol. The SMILES string of the molecule is CCCCCCCN(C(=O)c1ccc(CCl)cc1)[C@H]1CC[C@H]2[C@@H]3CC[C@H]4N(C)C(=O)CC[C@]4(C)[C@H]3CC[C@]12C. The Morgan fingerprint density at radius 1 is 0.949 bits per heavy atom. The molecule has 5 rings (SSSR count). The first-order valence-electron chi connectivity index (χ1n) is 16.0. The molecular weight excluding hydrogens is 504 g/mol. The molecule has 3 saturated carbocycles. The van der Waals surface area contributed by atoms with Crippen LogP contribution in [0.2, 0.25) is 0 Å². The van der Waals surface area contributed by atoms with Gasteiger partial charge in [0.15, 0.2) is 0 Å². The normalized spacial score (nSPS) is 35.8. The van der Waals surface area contributed by atoms with Crippen LogP contribution in [0.3, 0.4) is 0 Å². The third kappa shape index (κ3) is 5.17. The molecule has 1 aromatic carbocycles. The topological polar surface area (TPSA) is 40.6 Å². The number of unbranched alkanes of at least 4 members (excludes halogenated alkanes) is 4. The summed E-state index contributed by atoms with van der Waals surface area (Å²) >= 11 is 6.04. The number of piperidine rings is 1. The molecule has 1 aliphatic heterocycles. The zero-order chi connectivity index (χ0) is 27.8. The van der Waals surface area contributed by atoms with Crippen molar-refractivity contribution >= 4 is 23.4 Å². The van der Waals surface area contributed by atoms with E-state index in [4.69, 9.17) is 11.6 Å². The van der Waals surface area contributed by atoms with Crippen LogP contribution >= 0.6 is 11.6 Å². The number of halogens is 1. The van der Waals surface area contributed by atoms with Gasteiger partial charge in [-0.25, -0.2) is 0 Å². The number of hydrogen-bond donors (Lipinski definition) is 0. The van der Waals surface area contributed by atoms with E-state index in [2.05, 4.69) is 30.6 Å². The highest BCUT2D eigenvalue weighted by Gasteiger charge is 2.62. The monoisotopic (exact) mass is 554 g/mol. The molecule has 0 N–H and O–H groups in total. The van der Waals surface area contributed by atoms with E-state index >= 15 is 0 Å². The van der Waals surface area contributed by atoms with Crippen molar-refractivity contribution in [3.63, 3.8) is 0 Å². The molecule has 0 radical (unpaired) electrons. The van der Waals surface area contributed by atoms with Crippen molar-refractivity contribution in [1.82, 2.24) is 9.80 Å². The zero-order valence-corrected chi connectivity index (χ0v) is 25.6. The van der Waals surface area contributed by atoms with Crippen molar-refractivity contribution in [3.8, 4) is 0 Å². The average Bonchev–Trinajstić information content (AvgIpc) is 3.29. The summed E-state index contributed by atoms with van der Waals surface area (Å²) in [7, 11) is 2.05. The van der Waals surface area contributed by atoms with Crippen LogP contribution in [0, 0.1) is 28.6 Å². The second kappa shape index (κ2) is 11.7. The van der Waals surface area contributed by atoms with Gasteiger partial charge in [0.05, 0.1) is 0 Å². The molecule has 39 heavy (non-hydrogen) atoms. The predicted molar refractivity (Wildman–Crippen MR) is 160 cm³/mol. The number of alkyl halides is 1. The van der Waals surface area contributed by atoms with Crippen LogP contribution in [0.4, 0.5) is 0 Å². The lowest BCUT2D eigenvalue weighted by Gasteiger charge is -2.62. The third-order valence-electron chi connectivity index (χ3n) is 12.0. The molecule has 0 aromatic heterocycles. The first kappa shape index (κ1) is 29.0. The van der Waals surface area contributed by atoms with Crippen LogP contribution in [0.15, 0.2) is 24.3 Å². The van der Waals surface area contributed by atoms with E-state index in [0.29, 0.717) is 42.1 Å². The summed E-state index contributed by atoms with van der Waals surface area (Å²) in [5.41, 5.74) is 2.28. The van der Waals surface area contributed by atoms with Crippen molar-refractivity contribution in [2.45, 2.75) is 122 Å². The van der Waals surface area contributed by atoms with Gasteiger partial charge in [0.2, 0.25) is 5.91 Å². The van der Waals surface area contributed by atoms with Gasteiger partial charge in [-0.15, -0.1) is 11.6 Å². The summed E-state index contributed by atoms with van der Waals surface area (Å²) < 4.78 is 0. The highest BCUT2D eigenvalue weighted by atomic mass is 35.5. The molecule has 0 unspecified atom stereocenters. The van der Waals surface area contributed by atoms with E-state index in [9.17, 15) is 9.59 Å². The maximum absolute atomic E-state index is 14.1. The molecule has 7 atom stereocenters. The summed E-state index contributed by atoms with van der Waals surface area (Å²) in [5, 5.41) is 0. The highest BCUT2D eigenvalue weighted by Crippen LogP contribution is 2.65. The zero-order valence-electron chi connectivity index (χ0n) is 24.9. The number of amides is 2. The molecule has 4 aliphatic rings. The number of rotatable bonds is 9. The van der Waals surface area contributed by atoms with E-state index in [0.717, 1.165) is 49.3 Å². The minimum atomic E-state index is 0.176. The summed E-state index contributed by atoms with van der Waals surface area (Å²) in [6.07, 6.45) is 15.0. The van der Waals surface area contributed by atoms with E-state index in [1.807, 2.05) is 31.3 Å². The van der Waals surface area contributed by atoms with Gasteiger partial charge in [-0.2, -0.15) is 0 Å². The molecular formula is C34H51ClN2O2. The second-order valence-corrected chi connectivity index (χ2v) is 14.1. The fourth-order valence-electron chi connectivity index (χ4n) is 9.82. The third-order valence-corrected chi connectivity index (χ3v) is 12.3. The lowest BCUT2D eigenvalue weighted by molar-refractivity contribution is -0.158. The predicted octanol–water partition coefficient (Wildman–Crippen LogP) is 8.07. The minimum absolute atomic E-state index is 0.176. The summed E-state index contributed by atoms with van der Waals surface area (Å²) in [6, 6.07) is 8.71. The fraction of sp³-hybridized carbons (Fsp3) is 0.765. The first-order valence-corrected chi connectivity index (χ1v) is 16.5. The number of carbonyl (C=O) groups excluding carboxylic acids is 2. The lowest BCUT2D eigenvalue weighted by Crippen LogP contribution is -2.62. The Kier molecular flexibility index (Phi) is 8.72. The van der Waals surface area contributed by atoms with Gasteiger partial charge in [-0.05, 0) is 97.6 Å². The maximum Gasteiger partial charge on any atom is 0.254 e. The van der Waals surface area contributed by atoms with Crippen molar-refractivity contribution in [1.29, 1.82) is 0 Å². The number of fused-ring (bicyclic) bond motifs is 5. The standard InChI is InChI=1S/C34H51ClN2O2/c1-5-6-7-8-9-22-37(32(39)25-12-10-24(23-35)11-13-25)30-17-15-27-26-14-16-29-33(2,21-19-31(38)36(29)4)28(26)18-20-34(27,30)3/h10-13,26-30H,5-9,14-23H2,1-4H3/t26-,27-,28-,29+,30-,33+,34-/m0/s1. The summed E-state index contributed by atoms with van der Waals surface area (Å²) in [5.74, 6) is 3.12. The van der Waals surface area contributed by atoms with Crippen LogP contribution in [-0.4, -0.2) is 47.3 Å². The van der Waals surface area contributed by atoms with Crippen molar-refractivity contribution in [2.75, 3.05) is 13.6 Å². The van der Waals surface area contributed by atoms with Crippen molar-refractivity contribution < 1.29 is 9.59 Å². The Bertz CT molecular complexity index is 1030. The number of likely N-dealkylation sites (tertiary alicyclic amines) is 1. The Hall–Kier alpha value is -1.55. The quantitative estimate of drug-likeness (QED) is 0.229. The van der Waals surface area contributed by atoms with Gasteiger partial charge in [-0.1, -0.05) is 58.6 Å². The van der Waals surface area contributed by atoms with Crippen LogP contribution < -0.4 is 0 Å². The van der Waals surface area contributed by atoms with Gasteiger partial charge in [0, 0.05) is 43.5 Å². The molecule has 1 heterocycles. The molecule has 4 nitrogen and oxygen atoms in total. The highest BCUT2D eigenvalue weighted by molar-refractivity contribution is 6.17. The van der Waals surface area contributed by atoms with Crippen molar-refractivity contribution in [2.24, 2.45) is 28.6 Å². The van der Waals surface area contributed by atoms with Gasteiger partial charge in [0.1, 0.15) is 0 Å². The summed E-state index contributed by atoms with van der Waals surface area (Å²) in [4.78, 5) is 31.1. The molecule has 5 heteroatoms. The Labute approximate surface area is 242 Å².